The van der Waals surface area contributed by atoms with Gasteiger partial charge in [0.1, 0.15) is 5.82 Å². The van der Waals surface area contributed by atoms with E-state index in [1.165, 1.54) is 0 Å². The van der Waals surface area contributed by atoms with Crippen LogP contribution in [0.5, 0.6) is 0 Å². The monoisotopic (exact) mass is 259 g/mol. The van der Waals surface area contributed by atoms with Crippen molar-refractivity contribution in [3.05, 3.63) is 34.1 Å². The summed E-state index contributed by atoms with van der Waals surface area (Å²) in [5.41, 5.74) is 1.86. The Labute approximate surface area is 105 Å². The quantitative estimate of drug-likeness (QED) is 0.868. The molecule has 1 nitrogen and oxygen atoms in total. The molecule has 0 saturated carbocycles. The number of benzene rings is 1. The molecule has 88 valence electrons. The van der Waals surface area contributed by atoms with E-state index in [0.717, 1.165) is 35.6 Å². The number of fused-ring (bicyclic) bond motifs is 1. The standard InChI is InChI=1S/C12H15ClFNS/c1-2-15-11-5-6-16-7-9-8(11)3-4-10(13)12(9)14/h3-4,11,15H,2,5-7H2,1H3. The maximum Gasteiger partial charge on any atom is 0.146 e. The van der Waals surface area contributed by atoms with Crippen LogP contribution in [0.2, 0.25) is 5.02 Å². The normalized spacial score (nSPS) is 20.3. The highest BCUT2D eigenvalue weighted by atomic mass is 35.5. The summed E-state index contributed by atoms with van der Waals surface area (Å²) in [6.07, 6.45) is 1.05. The number of hydrogen-bond donors (Lipinski definition) is 1. The second kappa shape index (κ2) is 5.39. The third-order valence-electron chi connectivity index (χ3n) is 2.86. The zero-order valence-corrected chi connectivity index (χ0v) is 10.8. The van der Waals surface area contributed by atoms with Crippen molar-refractivity contribution in [3.63, 3.8) is 0 Å². The van der Waals surface area contributed by atoms with E-state index in [-0.39, 0.29) is 16.9 Å². The Morgan fingerprint density at radius 2 is 2.38 bits per heavy atom. The zero-order valence-electron chi connectivity index (χ0n) is 9.22. The van der Waals surface area contributed by atoms with Gasteiger partial charge in [-0.25, -0.2) is 4.39 Å². The first-order valence-corrected chi connectivity index (χ1v) is 7.05. The maximum atomic E-state index is 13.9. The van der Waals surface area contributed by atoms with E-state index < -0.39 is 0 Å². The summed E-state index contributed by atoms with van der Waals surface area (Å²) in [5, 5.41) is 3.64. The lowest BCUT2D eigenvalue weighted by molar-refractivity contribution is 0.533. The molecule has 4 heteroatoms. The summed E-state index contributed by atoms with van der Waals surface area (Å²) in [7, 11) is 0. The summed E-state index contributed by atoms with van der Waals surface area (Å²) in [4.78, 5) is 0. The van der Waals surface area contributed by atoms with Crippen LogP contribution in [0.25, 0.3) is 0 Å². The Morgan fingerprint density at radius 3 is 3.12 bits per heavy atom. The molecule has 16 heavy (non-hydrogen) atoms. The van der Waals surface area contributed by atoms with E-state index in [1.54, 1.807) is 17.8 Å². The molecule has 0 aromatic heterocycles. The van der Waals surface area contributed by atoms with Gasteiger partial charge in [-0.1, -0.05) is 24.6 Å². The predicted molar refractivity (Wildman–Crippen MR) is 68.6 cm³/mol. The first-order valence-electron chi connectivity index (χ1n) is 5.52. The Balaban J connectivity index is 2.42. The van der Waals surface area contributed by atoms with Crippen LogP contribution in [-0.4, -0.2) is 12.3 Å². The van der Waals surface area contributed by atoms with E-state index in [9.17, 15) is 4.39 Å². The summed E-state index contributed by atoms with van der Waals surface area (Å²) < 4.78 is 13.9. The highest BCUT2D eigenvalue weighted by Crippen LogP contribution is 2.34. The Hall–Kier alpha value is -0.250. The van der Waals surface area contributed by atoms with Gasteiger partial charge in [-0.15, -0.1) is 0 Å². The molecular formula is C12H15ClFNS. The van der Waals surface area contributed by atoms with Gasteiger partial charge in [0.2, 0.25) is 0 Å². The minimum atomic E-state index is -0.239. The van der Waals surface area contributed by atoms with E-state index in [4.69, 9.17) is 11.6 Å². The molecule has 1 aromatic carbocycles. The number of nitrogens with one attached hydrogen (secondary N) is 1. The molecule has 0 radical (unpaired) electrons. The first-order chi connectivity index (χ1) is 7.74. The van der Waals surface area contributed by atoms with Crippen molar-refractivity contribution in [3.8, 4) is 0 Å². The van der Waals surface area contributed by atoms with Crippen molar-refractivity contribution in [1.29, 1.82) is 0 Å². The van der Waals surface area contributed by atoms with Crippen molar-refractivity contribution < 1.29 is 4.39 Å². The molecule has 1 aliphatic heterocycles. The van der Waals surface area contributed by atoms with E-state index in [1.807, 2.05) is 6.07 Å². The molecule has 1 N–H and O–H groups in total. The lowest BCUT2D eigenvalue weighted by Gasteiger charge is -2.18. The molecule has 1 heterocycles. The molecule has 2 rings (SSSR count). The van der Waals surface area contributed by atoms with Gasteiger partial charge in [-0.2, -0.15) is 11.8 Å². The van der Waals surface area contributed by atoms with Crippen molar-refractivity contribution in [2.45, 2.75) is 25.1 Å². The largest absolute Gasteiger partial charge is 0.310 e. The highest BCUT2D eigenvalue weighted by Gasteiger charge is 2.21. The number of thioether (sulfide) groups is 1. The average Bonchev–Trinajstić information content (AvgIpc) is 2.48. The van der Waals surface area contributed by atoms with Crippen LogP contribution in [0.4, 0.5) is 4.39 Å². The van der Waals surface area contributed by atoms with E-state index in [0.29, 0.717) is 0 Å². The van der Waals surface area contributed by atoms with Gasteiger partial charge in [0.25, 0.3) is 0 Å². The summed E-state index contributed by atoms with van der Waals surface area (Å²) in [6.45, 7) is 2.98. The molecule has 0 amide bonds. The maximum absolute atomic E-state index is 13.9. The van der Waals surface area contributed by atoms with Crippen LogP contribution in [0.15, 0.2) is 12.1 Å². The molecule has 1 aliphatic rings. The molecule has 0 fully saturated rings. The van der Waals surface area contributed by atoms with Crippen LogP contribution in [0.3, 0.4) is 0 Å². The molecule has 0 aliphatic carbocycles. The Kier molecular flexibility index (Phi) is 4.11. The van der Waals surface area contributed by atoms with Gasteiger partial charge < -0.3 is 5.32 Å². The number of halogens is 2. The van der Waals surface area contributed by atoms with Gasteiger partial charge in [0.15, 0.2) is 0 Å². The van der Waals surface area contributed by atoms with Crippen LogP contribution in [0.1, 0.15) is 30.5 Å². The lowest BCUT2D eigenvalue weighted by Crippen LogP contribution is -2.22. The first kappa shape index (κ1) is 12.2. The summed E-state index contributed by atoms with van der Waals surface area (Å²) in [6, 6.07) is 3.89. The highest BCUT2D eigenvalue weighted by molar-refractivity contribution is 7.98. The fourth-order valence-corrected chi connectivity index (χ4v) is 3.29. The Bertz CT molecular complexity index is 384. The molecule has 1 aromatic rings. The van der Waals surface area contributed by atoms with Crippen molar-refractivity contribution >= 4 is 23.4 Å². The molecule has 0 bridgehead atoms. The van der Waals surface area contributed by atoms with Crippen LogP contribution < -0.4 is 5.32 Å². The number of rotatable bonds is 2. The van der Waals surface area contributed by atoms with Gasteiger partial charge >= 0.3 is 0 Å². The third kappa shape index (κ3) is 2.36. The Morgan fingerprint density at radius 1 is 1.56 bits per heavy atom. The topological polar surface area (TPSA) is 12.0 Å². The minimum Gasteiger partial charge on any atom is -0.310 e. The molecule has 0 spiro atoms. The van der Waals surface area contributed by atoms with E-state index in [2.05, 4.69) is 12.2 Å². The molecular weight excluding hydrogens is 245 g/mol. The SMILES string of the molecule is CCNC1CCSCc2c1ccc(Cl)c2F. The third-order valence-corrected chi connectivity index (χ3v) is 4.16. The second-order valence-electron chi connectivity index (χ2n) is 3.88. The average molecular weight is 260 g/mol. The van der Waals surface area contributed by atoms with Gasteiger partial charge in [0, 0.05) is 17.4 Å². The summed E-state index contributed by atoms with van der Waals surface area (Å²) in [5.74, 6) is 1.55. The molecule has 1 atom stereocenters. The second-order valence-corrected chi connectivity index (χ2v) is 5.39. The lowest BCUT2D eigenvalue weighted by atomic mass is 9.99. The summed E-state index contributed by atoms with van der Waals surface area (Å²) >= 11 is 7.59. The van der Waals surface area contributed by atoms with E-state index >= 15 is 0 Å². The van der Waals surface area contributed by atoms with Crippen LogP contribution in [0, 0.1) is 5.82 Å². The minimum absolute atomic E-state index is 0.233. The van der Waals surface area contributed by atoms with Gasteiger partial charge in [-0.3, -0.25) is 0 Å². The van der Waals surface area contributed by atoms with Crippen molar-refractivity contribution in [2.24, 2.45) is 0 Å². The predicted octanol–water partition coefficient (Wildman–Crippen LogP) is 3.77. The van der Waals surface area contributed by atoms with Gasteiger partial charge in [0.05, 0.1) is 5.02 Å². The zero-order chi connectivity index (χ0) is 11.5. The van der Waals surface area contributed by atoms with Crippen LogP contribution >= 0.6 is 23.4 Å². The van der Waals surface area contributed by atoms with Gasteiger partial charge in [-0.05, 0) is 30.3 Å². The fraction of sp³-hybridized carbons (Fsp3) is 0.500. The van der Waals surface area contributed by atoms with Crippen molar-refractivity contribution in [2.75, 3.05) is 12.3 Å². The number of hydrogen-bond acceptors (Lipinski definition) is 2. The smallest absolute Gasteiger partial charge is 0.146 e. The van der Waals surface area contributed by atoms with Crippen LogP contribution in [-0.2, 0) is 5.75 Å². The molecule has 0 saturated heterocycles. The molecule has 1 unspecified atom stereocenters. The fourth-order valence-electron chi connectivity index (χ4n) is 2.07. The van der Waals surface area contributed by atoms with Crippen molar-refractivity contribution in [1.82, 2.24) is 5.32 Å².